The molecule has 1 aliphatic carbocycles. The highest BCUT2D eigenvalue weighted by Crippen LogP contribution is 2.31. The number of aliphatic hydroxyl groups excluding tert-OH is 1. The van der Waals surface area contributed by atoms with Gasteiger partial charge in [-0.1, -0.05) is 17.3 Å². The Morgan fingerprint density at radius 3 is 2.88 bits per heavy atom. The second-order valence-corrected chi connectivity index (χ2v) is 4.97. The van der Waals surface area contributed by atoms with Crippen molar-refractivity contribution in [2.75, 3.05) is 13.2 Å². The van der Waals surface area contributed by atoms with Gasteiger partial charge in [0.2, 0.25) is 0 Å². The minimum Gasteiger partial charge on any atom is -0.411 e. The minimum absolute atomic E-state index is 0.151. The zero-order valence-electron chi connectivity index (χ0n) is 10.2. The Morgan fingerprint density at radius 1 is 1.69 bits per heavy atom. The number of hydrogen-bond donors (Lipinski definition) is 3. The van der Waals surface area contributed by atoms with Crippen LogP contribution in [0, 0.1) is 5.92 Å². The van der Waals surface area contributed by atoms with Gasteiger partial charge in [-0.3, -0.25) is 0 Å². The van der Waals surface area contributed by atoms with E-state index in [2.05, 4.69) is 24.0 Å². The Labute approximate surface area is 97.0 Å². The summed E-state index contributed by atoms with van der Waals surface area (Å²) in [5.74, 6) is 0.432. The highest BCUT2D eigenvalue weighted by atomic mass is 16.4. The number of hydrogen-bond acceptors (Lipinski definition) is 3. The van der Waals surface area contributed by atoms with Crippen molar-refractivity contribution >= 4 is 5.71 Å². The average molecular weight is 227 g/mol. The molecule has 0 heterocycles. The van der Waals surface area contributed by atoms with Crippen LogP contribution in [0.5, 0.6) is 0 Å². The van der Waals surface area contributed by atoms with E-state index >= 15 is 0 Å². The van der Waals surface area contributed by atoms with Gasteiger partial charge in [-0.2, -0.15) is 0 Å². The largest absolute Gasteiger partial charge is 0.411 e. The maximum atomic E-state index is 9.10. The molecule has 0 radical (unpaired) electrons. The highest BCUT2D eigenvalue weighted by molar-refractivity contribution is 5.92. The van der Waals surface area contributed by atoms with Crippen LogP contribution < -0.4 is 5.32 Å². The van der Waals surface area contributed by atoms with E-state index in [1.165, 1.54) is 0 Å². The lowest BCUT2D eigenvalue weighted by Gasteiger charge is -2.36. The van der Waals surface area contributed by atoms with Gasteiger partial charge in [0.05, 0.1) is 13.2 Å². The lowest BCUT2D eigenvalue weighted by Crippen LogP contribution is -2.99. The molecule has 4 heteroatoms. The second-order valence-electron chi connectivity index (χ2n) is 4.97. The van der Waals surface area contributed by atoms with Gasteiger partial charge < -0.3 is 15.6 Å². The SMILES string of the molecule is C=C(C)[C@@H]1CC[C@](C)([NH2+]CCO)/C(=N\O)C1. The molecular weight excluding hydrogens is 204 g/mol. The summed E-state index contributed by atoms with van der Waals surface area (Å²) in [6, 6.07) is 0. The molecule has 0 aromatic carbocycles. The number of rotatable bonds is 4. The van der Waals surface area contributed by atoms with Gasteiger partial charge >= 0.3 is 0 Å². The summed E-state index contributed by atoms with van der Waals surface area (Å²) < 4.78 is 0. The van der Waals surface area contributed by atoms with Gasteiger partial charge in [-0.15, -0.1) is 0 Å². The van der Waals surface area contributed by atoms with Crippen molar-refractivity contribution in [3.63, 3.8) is 0 Å². The summed E-state index contributed by atoms with van der Waals surface area (Å²) in [6.45, 7) is 8.87. The first-order valence-corrected chi connectivity index (χ1v) is 5.85. The van der Waals surface area contributed by atoms with Crippen molar-refractivity contribution in [3.05, 3.63) is 12.2 Å². The average Bonchev–Trinajstić information content (AvgIpc) is 2.26. The molecule has 16 heavy (non-hydrogen) atoms. The first-order chi connectivity index (χ1) is 7.53. The molecule has 0 unspecified atom stereocenters. The van der Waals surface area contributed by atoms with Crippen LogP contribution in [0.1, 0.15) is 33.1 Å². The van der Waals surface area contributed by atoms with Gasteiger partial charge in [0, 0.05) is 12.8 Å². The topological polar surface area (TPSA) is 69.4 Å². The van der Waals surface area contributed by atoms with Crippen molar-refractivity contribution in [1.82, 2.24) is 0 Å². The zero-order valence-corrected chi connectivity index (χ0v) is 10.2. The summed E-state index contributed by atoms with van der Waals surface area (Å²) in [7, 11) is 0. The molecule has 4 N–H and O–H groups in total. The summed E-state index contributed by atoms with van der Waals surface area (Å²) in [6.07, 6.45) is 2.82. The lowest BCUT2D eigenvalue weighted by molar-refractivity contribution is -0.709. The molecule has 0 aromatic rings. The number of aliphatic hydroxyl groups is 1. The predicted octanol–water partition coefficient (Wildman–Crippen LogP) is 0.507. The van der Waals surface area contributed by atoms with Gasteiger partial charge in [-0.25, -0.2) is 0 Å². The quantitative estimate of drug-likeness (QED) is 0.372. The van der Waals surface area contributed by atoms with Gasteiger partial charge in [-0.05, 0) is 26.2 Å². The Hall–Kier alpha value is -0.870. The summed E-state index contributed by atoms with van der Waals surface area (Å²) in [5, 5.41) is 23.5. The molecule has 0 aliphatic heterocycles. The molecule has 0 amide bonds. The predicted molar refractivity (Wildman–Crippen MR) is 63.7 cm³/mol. The molecule has 0 spiro atoms. The van der Waals surface area contributed by atoms with E-state index in [9.17, 15) is 0 Å². The molecule has 1 aliphatic rings. The number of allylic oxidation sites excluding steroid dienone is 1. The van der Waals surface area contributed by atoms with Crippen molar-refractivity contribution in [2.24, 2.45) is 11.1 Å². The number of nitrogens with zero attached hydrogens (tertiary/aromatic N) is 1. The molecule has 0 saturated heterocycles. The van der Waals surface area contributed by atoms with Crippen molar-refractivity contribution < 1.29 is 15.6 Å². The van der Waals surface area contributed by atoms with Crippen LogP contribution in [0.4, 0.5) is 0 Å². The van der Waals surface area contributed by atoms with Crippen molar-refractivity contribution in [3.8, 4) is 0 Å². The third-order valence-electron chi connectivity index (χ3n) is 3.65. The summed E-state index contributed by atoms with van der Waals surface area (Å²) >= 11 is 0. The number of quaternary nitrogens is 1. The van der Waals surface area contributed by atoms with Crippen LogP contribution in [0.15, 0.2) is 17.3 Å². The molecule has 4 nitrogen and oxygen atoms in total. The third-order valence-corrected chi connectivity index (χ3v) is 3.65. The molecule has 92 valence electrons. The van der Waals surface area contributed by atoms with Crippen LogP contribution in [0.3, 0.4) is 0 Å². The Bertz CT molecular complexity index is 289. The maximum Gasteiger partial charge on any atom is 0.135 e. The van der Waals surface area contributed by atoms with E-state index in [1.807, 2.05) is 6.92 Å². The minimum atomic E-state index is -0.163. The van der Waals surface area contributed by atoms with E-state index in [-0.39, 0.29) is 12.1 Å². The third kappa shape index (κ3) is 2.83. The fourth-order valence-electron chi connectivity index (χ4n) is 2.37. The molecule has 1 saturated carbocycles. The number of nitrogens with two attached hydrogens (primary N) is 1. The zero-order chi connectivity index (χ0) is 12.2. The standard InChI is InChI=1S/C12H22N2O2/c1-9(2)10-4-5-12(3,13-6-7-15)11(8-10)14-16/h10,13,15-16H,1,4-8H2,2-3H3/p+1/b14-11-/t10-,12+/m1/s1. The van der Waals surface area contributed by atoms with Gasteiger partial charge in [0.1, 0.15) is 11.3 Å². The highest BCUT2D eigenvalue weighted by Gasteiger charge is 2.40. The summed E-state index contributed by atoms with van der Waals surface area (Å²) in [4.78, 5) is 0. The summed E-state index contributed by atoms with van der Waals surface area (Å²) in [5.41, 5.74) is 1.81. The molecular formula is C12H23N2O2+. The smallest absolute Gasteiger partial charge is 0.135 e. The fraction of sp³-hybridized carbons (Fsp3) is 0.750. The second kappa shape index (κ2) is 5.46. The number of oxime groups is 1. The van der Waals surface area contributed by atoms with Crippen LogP contribution in [-0.4, -0.2) is 34.7 Å². The first kappa shape index (κ1) is 13.2. The van der Waals surface area contributed by atoms with Crippen LogP contribution in [0.2, 0.25) is 0 Å². The van der Waals surface area contributed by atoms with Crippen LogP contribution in [0.25, 0.3) is 0 Å². The van der Waals surface area contributed by atoms with E-state index < -0.39 is 0 Å². The Kier molecular flexibility index (Phi) is 4.50. The molecule has 2 atom stereocenters. The molecule has 0 bridgehead atoms. The van der Waals surface area contributed by atoms with E-state index in [0.29, 0.717) is 12.5 Å². The lowest BCUT2D eigenvalue weighted by atomic mass is 9.74. The Balaban J connectivity index is 2.72. The molecule has 0 aromatic heterocycles. The molecule has 1 fully saturated rings. The molecule has 1 rings (SSSR count). The normalized spacial score (nSPS) is 32.9. The van der Waals surface area contributed by atoms with Crippen LogP contribution in [-0.2, 0) is 0 Å². The van der Waals surface area contributed by atoms with E-state index in [1.54, 1.807) is 0 Å². The maximum absolute atomic E-state index is 9.10. The van der Waals surface area contributed by atoms with Gasteiger partial charge in [0.25, 0.3) is 0 Å². The van der Waals surface area contributed by atoms with Crippen LogP contribution >= 0.6 is 0 Å². The first-order valence-electron chi connectivity index (χ1n) is 5.85. The van der Waals surface area contributed by atoms with Crippen molar-refractivity contribution in [1.29, 1.82) is 0 Å². The fourth-order valence-corrected chi connectivity index (χ4v) is 2.37. The van der Waals surface area contributed by atoms with E-state index in [0.717, 1.165) is 30.5 Å². The van der Waals surface area contributed by atoms with Gasteiger partial charge in [0.15, 0.2) is 0 Å². The Morgan fingerprint density at radius 2 is 2.38 bits per heavy atom. The van der Waals surface area contributed by atoms with Crippen molar-refractivity contribution in [2.45, 2.75) is 38.6 Å². The monoisotopic (exact) mass is 227 g/mol. The van der Waals surface area contributed by atoms with E-state index in [4.69, 9.17) is 10.3 Å².